The van der Waals surface area contributed by atoms with Crippen molar-refractivity contribution < 1.29 is 4.52 Å². The zero-order valence-corrected chi connectivity index (χ0v) is 12.8. The van der Waals surface area contributed by atoms with Crippen molar-refractivity contribution >= 4 is 5.88 Å². The highest BCUT2D eigenvalue weighted by atomic mass is 16.5. The molecule has 2 N–H and O–H groups in total. The molecule has 0 unspecified atom stereocenters. The zero-order chi connectivity index (χ0) is 14.7. The lowest BCUT2D eigenvalue weighted by Crippen LogP contribution is -1.95. The van der Waals surface area contributed by atoms with Gasteiger partial charge in [-0.1, -0.05) is 62.7 Å². The van der Waals surface area contributed by atoms with Crippen molar-refractivity contribution in [3.05, 3.63) is 35.5 Å². The Morgan fingerprint density at radius 2 is 1.80 bits per heavy atom. The minimum Gasteiger partial charge on any atom is -0.367 e. The van der Waals surface area contributed by atoms with Crippen LogP contribution in [0.4, 0.5) is 5.88 Å². The average molecular weight is 270 g/mol. The summed E-state index contributed by atoms with van der Waals surface area (Å²) in [6.07, 6.45) is 0. The van der Waals surface area contributed by atoms with E-state index in [2.05, 4.69) is 58.0 Å². The van der Waals surface area contributed by atoms with Crippen molar-refractivity contribution in [2.45, 2.75) is 40.5 Å². The van der Waals surface area contributed by atoms with Crippen LogP contribution >= 0.6 is 0 Å². The van der Waals surface area contributed by atoms with E-state index in [1.165, 1.54) is 5.56 Å². The molecule has 3 rings (SSSR count). The van der Waals surface area contributed by atoms with Crippen LogP contribution in [-0.4, -0.2) is 5.16 Å². The molecule has 0 radical (unpaired) electrons. The second-order valence-corrected chi connectivity index (χ2v) is 7.05. The SMILES string of the molecule is Cc1cccc(-c2c(C3C(C)(C)C3(C)C)noc2N)c1. The third kappa shape index (κ3) is 1.62. The fourth-order valence-corrected chi connectivity index (χ4v) is 3.48. The van der Waals surface area contributed by atoms with Gasteiger partial charge in [0.2, 0.25) is 5.88 Å². The molecule has 2 aromatic rings. The third-order valence-corrected chi connectivity index (χ3v) is 5.35. The first-order chi connectivity index (χ1) is 9.26. The Kier molecular flexibility index (Phi) is 2.56. The Morgan fingerprint density at radius 1 is 1.15 bits per heavy atom. The maximum absolute atomic E-state index is 6.04. The lowest BCUT2D eigenvalue weighted by Gasteiger charge is -2.05. The number of hydrogen-bond acceptors (Lipinski definition) is 3. The second kappa shape index (κ2) is 3.87. The summed E-state index contributed by atoms with van der Waals surface area (Å²) in [4.78, 5) is 0. The molecule has 1 heterocycles. The highest BCUT2D eigenvalue weighted by Gasteiger charge is 2.67. The van der Waals surface area contributed by atoms with Crippen LogP contribution in [0.2, 0.25) is 0 Å². The van der Waals surface area contributed by atoms with Crippen molar-refractivity contribution in [3.63, 3.8) is 0 Å². The maximum atomic E-state index is 6.04. The Balaban J connectivity index is 2.13. The molecule has 0 atom stereocenters. The monoisotopic (exact) mass is 270 g/mol. The van der Waals surface area contributed by atoms with Gasteiger partial charge in [0.05, 0.1) is 11.3 Å². The first-order valence-electron chi connectivity index (χ1n) is 7.09. The smallest absolute Gasteiger partial charge is 0.230 e. The minimum absolute atomic E-state index is 0.217. The molecule has 1 aromatic carbocycles. The van der Waals surface area contributed by atoms with Crippen LogP contribution in [0.25, 0.3) is 11.1 Å². The second-order valence-electron chi connectivity index (χ2n) is 7.05. The number of anilines is 1. The van der Waals surface area contributed by atoms with Crippen molar-refractivity contribution in [1.82, 2.24) is 5.16 Å². The molecule has 106 valence electrons. The van der Waals surface area contributed by atoms with Crippen LogP contribution in [0.1, 0.15) is 44.9 Å². The van der Waals surface area contributed by atoms with Crippen molar-refractivity contribution in [2.24, 2.45) is 10.8 Å². The van der Waals surface area contributed by atoms with E-state index in [0.29, 0.717) is 11.8 Å². The average Bonchev–Trinajstić information content (AvgIpc) is 2.64. The number of benzene rings is 1. The van der Waals surface area contributed by atoms with Crippen LogP contribution in [0, 0.1) is 17.8 Å². The maximum Gasteiger partial charge on any atom is 0.230 e. The van der Waals surface area contributed by atoms with E-state index >= 15 is 0 Å². The molecule has 1 aromatic heterocycles. The zero-order valence-electron chi connectivity index (χ0n) is 12.8. The van der Waals surface area contributed by atoms with Gasteiger partial charge in [0.1, 0.15) is 0 Å². The number of nitrogens with zero attached hydrogens (tertiary/aromatic N) is 1. The first kappa shape index (κ1) is 13.2. The van der Waals surface area contributed by atoms with E-state index in [0.717, 1.165) is 16.8 Å². The lowest BCUT2D eigenvalue weighted by molar-refractivity contribution is 0.423. The first-order valence-corrected chi connectivity index (χ1v) is 7.09. The molecule has 1 saturated carbocycles. The van der Waals surface area contributed by atoms with E-state index in [1.807, 2.05) is 6.07 Å². The molecule has 20 heavy (non-hydrogen) atoms. The fourth-order valence-electron chi connectivity index (χ4n) is 3.48. The molecule has 0 bridgehead atoms. The van der Waals surface area contributed by atoms with Gasteiger partial charge in [-0.2, -0.15) is 0 Å². The topological polar surface area (TPSA) is 52.0 Å². The van der Waals surface area contributed by atoms with Gasteiger partial charge < -0.3 is 10.3 Å². The van der Waals surface area contributed by atoms with Crippen molar-refractivity contribution in [2.75, 3.05) is 5.73 Å². The highest BCUT2D eigenvalue weighted by molar-refractivity contribution is 5.76. The number of nitrogens with two attached hydrogens (primary N) is 1. The Hall–Kier alpha value is -1.77. The summed E-state index contributed by atoms with van der Waals surface area (Å²) in [6, 6.07) is 8.33. The molecule has 0 spiro atoms. The molecule has 1 aliphatic carbocycles. The van der Waals surface area contributed by atoms with Crippen LogP contribution in [0.15, 0.2) is 28.8 Å². The van der Waals surface area contributed by atoms with Crippen LogP contribution < -0.4 is 5.73 Å². The quantitative estimate of drug-likeness (QED) is 0.881. The fraction of sp³-hybridized carbons (Fsp3) is 0.471. The molecular weight excluding hydrogens is 248 g/mol. The van der Waals surface area contributed by atoms with E-state index in [4.69, 9.17) is 10.3 Å². The Morgan fingerprint density at radius 3 is 2.35 bits per heavy atom. The summed E-state index contributed by atoms with van der Waals surface area (Å²) in [6.45, 7) is 11.2. The summed E-state index contributed by atoms with van der Waals surface area (Å²) < 4.78 is 5.31. The number of hydrogen-bond donors (Lipinski definition) is 1. The Labute approximate surface area is 120 Å². The highest BCUT2D eigenvalue weighted by Crippen LogP contribution is 2.74. The van der Waals surface area contributed by atoms with Crippen LogP contribution in [0.3, 0.4) is 0 Å². The number of aromatic nitrogens is 1. The van der Waals surface area contributed by atoms with E-state index in [-0.39, 0.29) is 10.8 Å². The van der Waals surface area contributed by atoms with Gasteiger partial charge in [-0.05, 0) is 23.3 Å². The predicted octanol–water partition coefficient (Wildman–Crippen LogP) is 4.38. The molecule has 3 nitrogen and oxygen atoms in total. The molecule has 0 saturated heterocycles. The van der Waals surface area contributed by atoms with Crippen LogP contribution in [0.5, 0.6) is 0 Å². The summed E-state index contributed by atoms with van der Waals surface area (Å²) >= 11 is 0. The molecule has 3 heteroatoms. The molecule has 1 aliphatic rings. The van der Waals surface area contributed by atoms with Gasteiger partial charge in [0.25, 0.3) is 0 Å². The molecule has 0 amide bonds. The largest absolute Gasteiger partial charge is 0.367 e. The number of aryl methyl sites for hydroxylation is 1. The van der Waals surface area contributed by atoms with Gasteiger partial charge in [-0.25, -0.2) is 0 Å². The van der Waals surface area contributed by atoms with Crippen LogP contribution in [-0.2, 0) is 0 Å². The van der Waals surface area contributed by atoms with E-state index in [1.54, 1.807) is 0 Å². The number of nitrogen functional groups attached to an aromatic ring is 1. The summed E-state index contributed by atoms with van der Waals surface area (Å²) in [5, 5.41) is 4.28. The molecule has 0 aliphatic heterocycles. The summed E-state index contributed by atoms with van der Waals surface area (Å²) in [5.41, 5.74) is 10.8. The minimum atomic E-state index is 0.217. The number of rotatable bonds is 2. The van der Waals surface area contributed by atoms with Gasteiger partial charge in [0.15, 0.2) is 0 Å². The predicted molar refractivity (Wildman–Crippen MR) is 81.4 cm³/mol. The van der Waals surface area contributed by atoms with E-state index in [9.17, 15) is 0 Å². The lowest BCUT2D eigenvalue weighted by atomic mass is 9.98. The van der Waals surface area contributed by atoms with E-state index < -0.39 is 0 Å². The molecule has 1 fully saturated rings. The van der Waals surface area contributed by atoms with Gasteiger partial charge in [0, 0.05) is 5.92 Å². The standard InChI is InChI=1S/C17H22N2O/c1-10-7-6-8-11(9-10)12-13(19-20-15(12)18)14-16(2,3)17(14,4)5/h6-9,14H,18H2,1-5H3. The summed E-state index contributed by atoms with van der Waals surface area (Å²) in [7, 11) is 0. The van der Waals surface area contributed by atoms with Gasteiger partial charge >= 0.3 is 0 Å². The van der Waals surface area contributed by atoms with Crippen molar-refractivity contribution in [1.29, 1.82) is 0 Å². The molecular formula is C17H22N2O. The summed E-state index contributed by atoms with van der Waals surface area (Å²) in [5.74, 6) is 0.802. The van der Waals surface area contributed by atoms with Crippen molar-refractivity contribution in [3.8, 4) is 11.1 Å². The normalized spacial score (nSPS) is 20.1. The van der Waals surface area contributed by atoms with Gasteiger partial charge in [-0.3, -0.25) is 0 Å². The Bertz CT molecular complexity index is 653. The van der Waals surface area contributed by atoms with Gasteiger partial charge in [-0.15, -0.1) is 0 Å². The third-order valence-electron chi connectivity index (χ3n) is 5.35.